The van der Waals surface area contributed by atoms with Crippen molar-refractivity contribution in [3.63, 3.8) is 0 Å². The number of nitrogens with one attached hydrogen (secondary N) is 1. The second-order valence-electron chi connectivity index (χ2n) is 5.75. The lowest BCUT2D eigenvalue weighted by molar-refractivity contribution is 0.0695. The molecule has 1 saturated heterocycles. The highest BCUT2D eigenvalue weighted by molar-refractivity contribution is 5.91. The highest BCUT2D eigenvalue weighted by Crippen LogP contribution is 2.16. The molecule has 1 amide bonds. The van der Waals surface area contributed by atoms with Crippen LogP contribution < -0.4 is 10.9 Å². The Morgan fingerprint density at radius 3 is 3.00 bits per heavy atom. The molecule has 0 aliphatic carbocycles. The van der Waals surface area contributed by atoms with Gasteiger partial charge in [-0.2, -0.15) is 0 Å². The number of nitrogens with zero attached hydrogens (tertiary/aromatic N) is 1. The van der Waals surface area contributed by atoms with Crippen molar-refractivity contribution in [3.8, 4) is 0 Å². The van der Waals surface area contributed by atoms with Crippen LogP contribution in [0.25, 0.3) is 0 Å². The van der Waals surface area contributed by atoms with E-state index in [1.54, 1.807) is 30.5 Å². The molecule has 3 rings (SSSR count). The minimum Gasteiger partial charge on any atom is -0.454 e. The molecule has 0 bridgehead atoms. The number of amides is 1. The van der Waals surface area contributed by atoms with Crippen LogP contribution in [0.3, 0.4) is 0 Å². The van der Waals surface area contributed by atoms with Crippen LogP contribution in [0.1, 0.15) is 36.1 Å². The van der Waals surface area contributed by atoms with Crippen LogP contribution >= 0.6 is 0 Å². The molecule has 122 valence electrons. The highest BCUT2D eigenvalue weighted by atomic mass is 16.5. The van der Waals surface area contributed by atoms with E-state index in [2.05, 4.69) is 5.32 Å². The highest BCUT2D eigenvalue weighted by Gasteiger charge is 2.24. The van der Waals surface area contributed by atoms with Crippen LogP contribution in [-0.2, 0) is 11.3 Å². The Morgan fingerprint density at radius 2 is 2.26 bits per heavy atom. The minimum absolute atomic E-state index is 0.0599. The van der Waals surface area contributed by atoms with Crippen molar-refractivity contribution >= 4 is 5.91 Å². The molecular formula is C17H20N2O4. The second-order valence-corrected chi connectivity index (χ2v) is 5.75. The van der Waals surface area contributed by atoms with Crippen LogP contribution in [0, 0.1) is 0 Å². The fourth-order valence-corrected chi connectivity index (χ4v) is 2.71. The van der Waals surface area contributed by atoms with Crippen LogP contribution in [0.5, 0.6) is 0 Å². The average molecular weight is 316 g/mol. The smallest absolute Gasteiger partial charge is 0.287 e. The Bertz CT molecular complexity index is 728. The molecular weight excluding hydrogens is 296 g/mol. The van der Waals surface area contributed by atoms with E-state index in [0.29, 0.717) is 12.3 Å². The number of hydrogen-bond donors (Lipinski definition) is 1. The van der Waals surface area contributed by atoms with Gasteiger partial charge in [0.1, 0.15) is 5.76 Å². The third-order valence-corrected chi connectivity index (χ3v) is 3.99. The Labute approximate surface area is 134 Å². The lowest BCUT2D eigenvalue weighted by Crippen LogP contribution is -2.40. The molecule has 0 unspecified atom stereocenters. The van der Waals surface area contributed by atoms with Gasteiger partial charge in [0.15, 0.2) is 5.76 Å². The van der Waals surface area contributed by atoms with Crippen molar-refractivity contribution in [3.05, 3.63) is 58.4 Å². The van der Waals surface area contributed by atoms with Crippen LogP contribution in [0.2, 0.25) is 0 Å². The quantitative estimate of drug-likeness (QED) is 0.912. The summed E-state index contributed by atoms with van der Waals surface area (Å²) in [6.45, 7) is 2.98. The van der Waals surface area contributed by atoms with Gasteiger partial charge in [-0.1, -0.05) is 6.07 Å². The summed E-state index contributed by atoms with van der Waals surface area (Å²) >= 11 is 0. The first kappa shape index (κ1) is 15.6. The summed E-state index contributed by atoms with van der Waals surface area (Å²) in [5.41, 5.74) is -0.109. The molecule has 2 atom stereocenters. The monoisotopic (exact) mass is 316 g/mol. The van der Waals surface area contributed by atoms with Gasteiger partial charge in [0.25, 0.3) is 11.5 Å². The van der Waals surface area contributed by atoms with Crippen molar-refractivity contribution in [2.24, 2.45) is 0 Å². The summed E-state index contributed by atoms with van der Waals surface area (Å²) < 4.78 is 12.6. The third-order valence-electron chi connectivity index (χ3n) is 3.99. The fraction of sp³-hybridized carbons (Fsp3) is 0.412. The minimum atomic E-state index is -0.264. The summed E-state index contributed by atoms with van der Waals surface area (Å²) in [5.74, 6) is 0.543. The Kier molecular flexibility index (Phi) is 4.62. The molecule has 0 spiro atoms. The molecule has 6 nitrogen and oxygen atoms in total. The zero-order valence-electron chi connectivity index (χ0n) is 13.0. The van der Waals surface area contributed by atoms with E-state index < -0.39 is 0 Å². The van der Waals surface area contributed by atoms with E-state index in [0.717, 1.165) is 19.4 Å². The molecule has 1 aliphatic heterocycles. The lowest BCUT2D eigenvalue weighted by atomic mass is 10.1. The third kappa shape index (κ3) is 3.71. The van der Waals surface area contributed by atoms with Crippen LogP contribution in [0.4, 0.5) is 0 Å². The maximum atomic E-state index is 12.2. The van der Waals surface area contributed by atoms with Gasteiger partial charge in [-0.3, -0.25) is 9.59 Å². The number of carbonyl (C=O) groups is 1. The van der Waals surface area contributed by atoms with E-state index in [1.807, 2.05) is 6.92 Å². The molecule has 6 heteroatoms. The fourth-order valence-electron chi connectivity index (χ4n) is 2.71. The number of ether oxygens (including phenoxy) is 1. The van der Waals surface area contributed by atoms with E-state index in [-0.39, 0.29) is 29.4 Å². The lowest BCUT2D eigenvalue weighted by Gasteiger charge is -2.19. The maximum absolute atomic E-state index is 12.2. The predicted octanol–water partition coefficient (Wildman–Crippen LogP) is 1.79. The molecule has 2 aromatic heterocycles. The Balaban J connectivity index is 1.63. The number of carbonyl (C=O) groups excluding carboxylic acids is 1. The van der Waals surface area contributed by atoms with Crippen LogP contribution in [0.15, 0.2) is 45.7 Å². The van der Waals surface area contributed by atoms with Gasteiger partial charge in [-0.25, -0.2) is 0 Å². The number of hydrogen-bond acceptors (Lipinski definition) is 4. The van der Waals surface area contributed by atoms with Crippen molar-refractivity contribution < 1.29 is 13.9 Å². The molecule has 0 radical (unpaired) electrons. The van der Waals surface area contributed by atoms with Gasteiger partial charge in [0, 0.05) is 18.9 Å². The first-order valence-corrected chi connectivity index (χ1v) is 7.80. The predicted molar refractivity (Wildman–Crippen MR) is 84.4 cm³/mol. The number of rotatable bonds is 5. The topological polar surface area (TPSA) is 73.5 Å². The van der Waals surface area contributed by atoms with Crippen molar-refractivity contribution in [1.82, 2.24) is 9.88 Å². The van der Waals surface area contributed by atoms with Crippen molar-refractivity contribution in [1.29, 1.82) is 0 Å². The molecule has 1 aliphatic rings. The second kappa shape index (κ2) is 6.83. The SMILES string of the molecule is C[C@@H](NC(=O)c1ccc(Cn2ccccc2=O)o1)[C@H]1CCCO1. The van der Waals surface area contributed by atoms with Crippen molar-refractivity contribution in [2.45, 2.75) is 38.5 Å². The van der Waals surface area contributed by atoms with Gasteiger partial charge in [-0.05, 0) is 38.0 Å². The first-order valence-electron chi connectivity index (χ1n) is 7.80. The Morgan fingerprint density at radius 1 is 1.39 bits per heavy atom. The largest absolute Gasteiger partial charge is 0.454 e. The van der Waals surface area contributed by atoms with Crippen LogP contribution in [-0.4, -0.2) is 29.2 Å². The molecule has 0 saturated carbocycles. The first-order chi connectivity index (χ1) is 11.1. The summed E-state index contributed by atoms with van der Waals surface area (Å²) in [6.07, 6.45) is 3.74. The Hall–Kier alpha value is -2.34. The van der Waals surface area contributed by atoms with Crippen molar-refractivity contribution in [2.75, 3.05) is 6.61 Å². The van der Waals surface area contributed by atoms with Gasteiger partial charge in [-0.15, -0.1) is 0 Å². The summed E-state index contributed by atoms with van der Waals surface area (Å²) in [6, 6.07) is 8.23. The summed E-state index contributed by atoms with van der Waals surface area (Å²) in [7, 11) is 0. The summed E-state index contributed by atoms with van der Waals surface area (Å²) in [4.78, 5) is 23.9. The molecule has 1 fully saturated rings. The van der Waals surface area contributed by atoms with E-state index in [4.69, 9.17) is 9.15 Å². The number of furan rings is 1. The van der Waals surface area contributed by atoms with E-state index in [9.17, 15) is 9.59 Å². The van der Waals surface area contributed by atoms with Gasteiger partial charge < -0.3 is 19.0 Å². The maximum Gasteiger partial charge on any atom is 0.287 e. The molecule has 2 aromatic rings. The van der Waals surface area contributed by atoms with Gasteiger partial charge >= 0.3 is 0 Å². The van der Waals surface area contributed by atoms with E-state index in [1.165, 1.54) is 10.6 Å². The number of pyridine rings is 1. The zero-order valence-corrected chi connectivity index (χ0v) is 13.0. The number of aromatic nitrogens is 1. The molecule has 3 heterocycles. The molecule has 0 aromatic carbocycles. The zero-order chi connectivity index (χ0) is 16.2. The normalized spacial score (nSPS) is 18.7. The van der Waals surface area contributed by atoms with Gasteiger partial charge in [0.05, 0.1) is 18.7 Å². The molecule has 1 N–H and O–H groups in total. The average Bonchev–Trinajstić information content (AvgIpc) is 3.21. The van der Waals surface area contributed by atoms with Gasteiger partial charge in [0.2, 0.25) is 0 Å². The summed E-state index contributed by atoms with van der Waals surface area (Å²) in [5, 5.41) is 2.90. The van der Waals surface area contributed by atoms with E-state index >= 15 is 0 Å². The standard InChI is InChI=1S/C17H20N2O4/c1-12(14-5-4-10-22-14)18-17(21)15-8-7-13(23-15)11-19-9-3-2-6-16(19)20/h2-3,6-9,12,14H,4-5,10-11H2,1H3,(H,18,21)/t12-,14-/m1/s1. The molecule has 23 heavy (non-hydrogen) atoms.